The van der Waals surface area contributed by atoms with E-state index < -0.39 is 0 Å². The van der Waals surface area contributed by atoms with Crippen LogP contribution in [0.2, 0.25) is 0 Å². The molecule has 24 heavy (non-hydrogen) atoms. The van der Waals surface area contributed by atoms with Crippen LogP contribution in [0.25, 0.3) is 16.7 Å². The lowest BCUT2D eigenvalue weighted by Gasteiger charge is -2.49. The predicted molar refractivity (Wildman–Crippen MR) is 90.2 cm³/mol. The number of piperidine rings is 3. The Hall–Kier alpha value is -2.17. The van der Waals surface area contributed by atoms with Crippen molar-refractivity contribution in [3.05, 3.63) is 60.4 Å². The number of allylic oxidation sites excluding steroid dienone is 1. The largest absolute Gasteiger partial charge is 0.868 e. The number of hydrogen-bond acceptors (Lipinski definition) is 2. The number of quaternary nitrogens is 1. The number of benzene rings is 1. The third kappa shape index (κ3) is 2.18. The van der Waals surface area contributed by atoms with Crippen LogP contribution in [0, 0.1) is 11.8 Å². The lowest BCUT2D eigenvalue weighted by Crippen LogP contribution is -2.58. The molecule has 4 heteroatoms. The minimum absolute atomic E-state index is 0.0125. The number of hydrogen-bond donors (Lipinski definition) is 1. The van der Waals surface area contributed by atoms with Gasteiger partial charge in [-0.15, -0.1) is 6.58 Å². The molecule has 3 aliphatic heterocycles. The molecule has 3 saturated heterocycles. The number of hydroxylamine groups is 3. The average molecular weight is 323 g/mol. The lowest BCUT2D eigenvalue weighted by atomic mass is 9.76. The van der Waals surface area contributed by atoms with Gasteiger partial charge in [0, 0.05) is 30.9 Å². The number of aromatic nitrogens is 1. The van der Waals surface area contributed by atoms with E-state index in [4.69, 9.17) is 0 Å². The summed E-state index contributed by atoms with van der Waals surface area (Å²) in [6.07, 6.45) is 5.48. The molecule has 0 unspecified atom stereocenters. The SMILES string of the molecule is C=C[C@H]1C[N@+]2(O)CC[C@H]1C/C2=C(/[O-])c1cc[n+](C)c2ccccc12. The van der Waals surface area contributed by atoms with E-state index in [1.165, 1.54) is 0 Å². The highest BCUT2D eigenvalue weighted by Crippen LogP contribution is 2.45. The molecule has 0 aliphatic carbocycles. The summed E-state index contributed by atoms with van der Waals surface area (Å²) in [6, 6.07) is 9.80. The van der Waals surface area contributed by atoms with Crippen molar-refractivity contribution in [1.29, 1.82) is 0 Å². The van der Waals surface area contributed by atoms with Gasteiger partial charge in [-0.1, -0.05) is 18.2 Å². The van der Waals surface area contributed by atoms with Gasteiger partial charge in [-0.05, 0) is 23.3 Å². The quantitative estimate of drug-likeness (QED) is 0.398. The summed E-state index contributed by atoms with van der Waals surface area (Å²) >= 11 is 0. The molecule has 0 radical (unpaired) electrons. The first-order valence-corrected chi connectivity index (χ1v) is 8.54. The molecule has 2 aromatic rings. The van der Waals surface area contributed by atoms with Crippen LogP contribution in [0.15, 0.2) is 54.9 Å². The molecule has 4 heterocycles. The molecular formula is C20H23N2O2+. The first kappa shape index (κ1) is 15.4. The molecule has 4 nitrogen and oxygen atoms in total. The maximum absolute atomic E-state index is 13.3. The molecular weight excluding hydrogens is 300 g/mol. The third-order valence-corrected chi connectivity index (χ3v) is 5.79. The molecule has 3 fully saturated rings. The lowest BCUT2D eigenvalue weighted by molar-refractivity contribution is -1.08. The highest BCUT2D eigenvalue weighted by Gasteiger charge is 2.49. The second-order valence-corrected chi connectivity index (χ2v) is 7.11. The summed E-state index contributed by atoms with van der Waals surface area (Å²) in [7, 11) is 1.98. The maximum Gasteiger partial charge on any atom is 0.212 e. The summed E-state index contributed by atoms with van der Waals surface area (Å²) < 4.78 is 1.81. The predicted octanol–water partition coefficient (Wildman–Crippen LogP) is 2.12. The van der Waals surface area contributed by atoms with Gasteiger partial charge < -0.3 is 5.11 Å². The maximum atomic E-state index is 13.3. The fourth-order valence-corrected chi connectivity index (χ4v) is 4.37. The monoisotopic (exact) mass is 323 g/mol. The summed E-state index contributed by atoms with van der Waals surface area (Å²) in [4.78, 5) is 0. The summed E-state index contributed by atoms with van der Waals surface area (Å²) in [6.45, 7) is 5.11. The summed E-state index contributed by atoms with van der Waals surface area (Å²) in [5.74, 6) is 0.715. The zero-order valence-electron chi connectivity index (χ0n) is 14.0. The number of pyridine rings is 1. The van der Waals surface area contributed by atoms with Crippen LogP contribution in [0.4, 0.5) is 0 Å². The first-order chi connectivity index (χ1) is 11.5. The van der Waals surface area contributed by atoms with Gasteiger partial charge in [-0.3, -0.25) is 0 Å². The molecule has 5 rings (SSSR count). The van der Waals surface area contributed by atoms with Crippen molar-refractivity contribution in [2.24, 2.45) is 18.9 Å². The van der Waals surface area contributed by atoms with E-state index in [0.717, 1.165) is 17.3 Å². The van der Waals surface area contributed by atoms with Crippen molar-refractivity contribution in [2.45, 2.75) is 12.8 Å². The number of para-hydroxylation sites is 1. The zero-order chi connectivity index (χ0) is 16.9. The minimum atomic E-state index is -0.207. The minimum Gasteiger partial charge on any atom is -0.868 e. The first-order valence-electron chi connectivity index (χ1n) is 8.54. The molecule has 3 aliphatic rings. The standard InChI is InChI=1S/C20H23N2O2/c1-3-14-13-22(24)11-9-15(14)12-19(22)20(23)17-8-10-21(2)18-7-5-4-6-16(17)18/h3-8,10,14-15,24H,1,9,11-13H2,2H3/q+1/b20-19-/t14-,15-,22+/m0/s1. The Labute approximate surface area is 142 Å². The average Bonchev–Trinajstić information content (AvgIpc) is 2.61. The van der Waals surface area contributed by atoms with Crippen molar-refractivity contribution >= 4 is 16.7 Å². The van der Waals surface area contributed by atoms with Crippen molar-refractivity contribution in [1.82, 2.24) is 0 Å². The summed E-state index contributed by atoms with van der Waals surface area (Å²) in [5, 5.41) is 25.3. The van der Waals surface area contributed by atoms with E-state index in [0.29, 0.717) is 42.6 Å². The molecule has 1 aromatic heterocycles. The fourth-order valence-electron chi connectivity index (χ4n) is 4.37. The van der Waals surface area contributed by atoms with Gasteiger partial charge in [0.15, 0.2) is 6.20 Å². The van der Waals surface area contributed by atoms with Crippen LogP contribution in [0.3, 0.4) is 0 Å². The Balaban J connectivity index is 1.87. The smallest absolute Gasteiger partial charge is 0.212 e. The normalized spacial score (nSPS) is 31.2. The molecule has 124 valence electrons. The fraction of sp³-hybridized carbons (Fsp3) is 0.350. The Morgan fingerprint density at radius 1 is 1.38 bits per heavy atom. The van der Waals surface area contributed by atoms with Crippen LogP contribution < -0.4 is 9.67 Å². The molecule has 0 amide bonds. The zero-order valence-corrected chi connectivity index (χ0v) is 14.0. The second kappa shape index (κ2) is 5.43. The van der Waals surface area contributed by atoms with Crippen LogP contribution in [-0.2, 0) is 7.05 Å². The van der Waals surface area contributed by atoms with E-state index in [9.17, 15) is 10.3 Å². The highest BCUT2D eigenvalue weighted by atomic mass is 16.5. The molecule has 0 saturated carbocycles. The van der Waals surface area contributed by atoms with E-state index in [1.807, 2.05) is 54.2 Å². The van der Waals surface area contributed by atoms with Gasteiger partial charge in [0.1, 0.15) is 25.8 Å². The van der Waals surface area contributed by atoms with Crippen LogP contribution >= 0.6 is 0 Å². The van der Waals surface area contributed by atoms with Crippen LogP contribution in [0.5, 0.6) is 0 Å². The van der Waals surface area contributed by atoms with E-state index in [2.05, 4.69) is 6.58 Å². The third-order valence-electron chi connectivity index (χ3n) is 5.79. The van der Waals surface area contributed by atoms with Gasteiger partial charge in [0.25, 0.3) is 0 Å². The Kier molecular flexibility index (Phi) is 3.48. The Morgan fingerprint density at radius 2 is 2.17 bits per heavy atom. The Bertz CT molecular complexity index is 858. The molecule has 0 spiro atoms. The number of nitrogens with zero attached hydrogens (tertiary/aromatic N) is 2. The molecule has 2 bridgehead atoms. The molecule has 1 N–H and O–H groups in total. The number of aryl methyl sites for hydroxylation is 1. The second-order valence-electron chi connectivity index (χ2n) is 7.11. The molecule has 3 atom stereocenters. The number of fused-ring (bicyclic) bond motifs is 4. The van der Waals surface area contributed by atoms with Gasteiger partial charge in [-0.2, -0.15) is 4.65 Å². The van der Waals surface area contributed by atoms with E-state index in [1.54, 1.807) is 0 Å². The van der Waals surface area contributed by atoms with E-state index >= 15 is 0 Å². The van der Waals surface area contributed by atoms with Gasteiger partial charge in [0.05, 0.1) is 5.39 Å². The topological polar surface area (TPSA) is 47.2 Å². The van der Waals surface area contributed by atoms with Crippen molar-refractivity contribution in [3.8, 4) is 0 Å². The van der Waals surface area contributed by atoms with Crippen LogP contribution in [0.1, 0.15) is 18.4 Å². The highest BCUT2D eigenvalue weighted by molar-refractivity contribution is 5.87. The van der Waals surface area contributed by atoms with Crippen molar-refractivity contribution < 1.29 is 19.5 Å². The van der Waals surface area contributed by atoms with Gasteiger partial charge in [0.2, 0.25) is 5.52 Å². The van der Waals surface area contributed by atoms with Crippen LogP contribution in [-0.4, -0.2) is 22.9 Å². The van der Waals surface area contributed by atoms with Crippen molar-refractivity contribution in [3.63, 3.8) is 0 Å². The molecule has 1 aromatic carbocycles. The van der Waals surface area contributed by atoms with Crippen molar-refractivity contribution in [2.75, 3.05) is 13.1 Å². The van der Waals surface area contributed by atoms with Gasteiger partial charge >= 0.3 is 0 Å². The van der Waals surface area contributed by atoms with E-state index in [-0.39, 0.29) is 10.4 Å². The van der Waals surface area contributed by atoms with Gasteiger partial charge in [-0.25, -0.2) is 9.77 Å². The summed E-state index contributed by atoms with van der Waals surface area (Å²) in [5.41, 5.74) is 2.35. The number of rotatable bonds is 2. The Morgan fingerprint density at radius 3 is 2.92 bits per heavy atom.